The minimum Gasteiger partial charge on any atom is -0.351 e. The summed E-state index contributed by atoms with van der Waals surface area (Å²) in [6.07, 6.45) is 0.360. The van der Waals surface area contributed by atoms with Crippen LogP contribution in [0, 0.1) is 17.0 Å². The van der Waals surface area contributed by atoms with Gasteiger partial charge in [-0.3, -0.25) is 14.9 Å². The molecule has 2 rings (SSSR count). The van der Waals surface area contributed by atoms with Crippen LogP contribution in [-0.4, -0.2) is 27.5 Å². The van der Waals surface area contributed by atoms with Crippen molar-refractivity contribution < 1.29 is 14.2 Å². The molecule has 0 spiro atoms. The molecule has 1 amide bonds. The number of halogens is 1. The number of nitro benzene ring substituents is 1. The molecule has 1 N–H and O–H groups in total. The van der Waals surface area contributed by atoms with Crippen LogP contribution in [0.3, 0.4) is 0 Å². The van der Waals surface area contributed by atoms with Gasteiger partial charge in [-0.1, -0.05) is 22.8 Å². The van der Waals surface area contributed by atoms with Crippen LogP contribution in [0.2, 0.25) is 5.02 Å². The zero-order valence-corrected chi connectivity index (χ0v) is 11.8. The van der Waals surface area contributed by atoms with Gasteiger partial charge in [0.1, 0.15) is 5.02 Å². The third kappa shape index (κ3) is 3.54. The highest BCUT2D eigenvalue weighted by atomic mass is 35.5. The molecular formula is C12H11ClN4O4. The highest BCUT2D eigenvalue weighted by molar-refractivity contribution is 6.35. The minimum absolute atomic E-state index is 0.0487. The number of carbonyl (C=O) groups excluding carboxylic acids is 1. The monoisotopic (exact) mass is 310 g/mol. The highest BCUT2D eigenvalue weighted by Crippen LogP contribution is 2.27. The van der Waals surface area contributed by atoms with Crippen LogP contribution in [0.15, 0.2) is 22.7 Å². The van der Waals surface area contributed by atoms with E-state index < -0.39 is 10.8 Å². The molecule has 9 heteroatoms. The van der Waals surface area contributed by atoms with Crippen molar-refractivity contribution in [3.63, 3.8) is 0 Å². The largest absolute Gasteiger partial charge is 0.351 e. The van der Waals surface area contributed by atoms with Gasteiger partial charge in [-0.15, -0.1) is 0 Å². The van der Waals surface area contributed by atoms with Crippen LogP contribution in [-0.2, 0) is 6.42 Å². The van der Waals surface area contributed by atoms with E-state index in [4.69, 9.17) is 16.1 Å². The number of aromatic nitrogens is 2. The van der Waals surface area contributed by atoms with Crippen molar-refractivity contribution >= 4 is 23.2 Å². The molecule has 0 fully saturated rings. The summed E-state index contributed by atoms with van der Waals surface area (Å²) in [5.74, 6) is 0.413. The van der Waals surface area contributed by atoms with Crippen LogP contribution in [0.4, 0.5) is 5.69 Å². The van der Waals surface area contributed by atoms with Crippen molar-refractivity contribution in [2.75, 3.05) is 6.54 Å². The molecule has 0 aliphatic carbocycles. The Morgan fingerprint density at radius 1 is 1.52 bits per heavy atom. The number of hydrogen-bond acceptors (Lipinski definition) is 6. The van der Waals surface area contributed by atoms with E-state index in [0.717, 1.165) is 0 Å². The van der Waals surface area contributed by atoms with Gasteiger partial charge in [0.25, 0.3) is 11.6 Å². The maximum Gasteiger partial charge on any atom is 0.288 e. The summed E-state index contributed by atoms with van der Waals surface area (Å²) in [6, 6.07) is 4.06. The van der Waals surface area contributed by atoms with Crippen LogP contribution in [0.5, 0.6) is 0 Å². The van der Waals surface area contributed by atoms with Gasteiger partial charge >= 0.3 is 0 Å². The van der Waals surface area contributed by atoms with Crippen molar-refractivity contribution in [2.24, 2.45) is 0 Å². The number of aryl methyl sites for hydroxylation is 1. The Labute approximate surface area is 124 Å². The highest BCUT2D eigenvalue weighted by Gasteiger charge is 2.19. The summed E-state index contributed by atoms with van der Waals surface area (Å²) < 4.78 is 4.90. The summed E-state index contributed by atoms with van der Waals surface area (Å²) in [5.41, 5.74) is -0.260. The average molecular weight is 311 g/mol. The van der Waals surface area contributed by atoms with Crippen LogP contribution >= 0.6 is 11.6 Å². The molecule has 0 unspecified atom stereocenters. The molecule has 1 aromatic heterocycles. The molecule has 0 aliphatic rings. The number of nitrogens with zero attached hydrogens (tertiary/aromatic N) is 3. The van der Waals surface area contributed by atoms with E-state index in [0.29, 0.717) is 18.1 Å². The summed E-state index contributed by atoms with van der Waals surface area (Å²) in [7, 11) is 0. The van der Waals surface area contributed by atoms with Gasteiger partial charge in [0.15, 0.2) is 5.82 Å². The molecular weight excluding hydrogens is 300 g/mol. The predicted octanol–water partition coefficient (Wildman–Crippen LogP) is 1.91. The number of rotatable bonds is 5. The second-order valence-corrected chi connectivity index (χ2v) is 4.51. The van der Waals surface area contributed by atoms with Crippen molar-refractivity contribution in [2.45, 2.75) is 13.3 Å². The maximum atomic E-state index is 12.0. The second kappa shape index (κ2) is 6.31. The topological polar surface area (TPSA) is 111 Å². The summed E-state index contributed by atoms with van der Waals surface area (Å²) in [4.78, 5) is 26.1. The van der Waals surface area contributed by atoms with Crippen LogP contribution in [0.1, 0.15) is 22.1 Å². The van der Waals surface area contributed by atoms with Crippen molar-refractivity contribution in [3.05, 3.63) is 50.6 Å². The first-order valence-electron chi connectivity index (χ1n) is 5.99. The molecule has 0 saturated heterocycles. The average Bonchev–Trinajstić information content (AvgIpc) is 2.84. The molecule has 1 aromatic carbocycles. The Morgan fingerprint density at radius 3 is 2.90 bits per heavy atom. The number of amides is 1. The fourth-order valence-electron chi connectivity index (χ4n) is 1.66. The molecule has 8 nitrogen and oxygen atoms in total. The van der Waals surface area contributed by atoms with Crippen LogP contribution in [0.25, 0.3) is 0 Å². The molecule has 0 atom stereocenters. The molecule has 0 aliphatic heterocycles. The lowest BCUT2D eigenvalue weighted by molar-refractivity contribution is -0.384. The predicted molar refractivity (Wildman–Crippen MR) is 73.2 cm³/mol. The third-order valence-corrected chi connectivity index (χ3v) is 3.01. The van der Waals surface area contributed by atoms with Gasteiger partial charge < -0.3 is 9.84 Å². The standard InChI is InChI=1S/C12H11ClN4O4/c1-7-15-10(21-16-7)5-6-14-12(18)8-3-2-4-9(11(8)13)17(19)20/h2-4H,5-6H2,1H3,(H,14,18). The summed E-state index contributed by atoms with van der Waals surface area (Å²) in [6.45, 7) is 1.94. The lowest BCUT2D eigenvalue weighted by Crippen LogP contribution is -2.26. The maximum absolute atomic E-state index is 12.0. The molecule has 0 saturated carbocycles. The lowest BCUT2D eigenvalue weighted by Gasteiger charge is -2.05. The first kappa shape index (κ1) is 14.9. The van der Waals surface area contributed by atoms with Gasteiger partial charge in [0.2, 0.25) is 5.89 Å². The van der Waals surface area contributed by atoms with Gasteiger partial charge in [-0.25, -0.2) is 0 Å². The molecule has 21 heavy (non-hydrogen) atoms. The van der Waals surface area contributed by atoms with Crippen molar-refractivity contribution in [1.82, 2.24) is 15.5 Å². The van der Waals surface area contributed by atoms with E-state index in [1.54, 1.807) is 6.92 Å². The molecule has 0 bridgehead atoms. The minimum atomic E-state index is -0.639. The van der Waals surface area contributed by atoms with Crippen molar-refractivity contribution in [3.8, 4) is 0 Å². The van der Waals surface area contributed by atoms with E-state index in [2.05, 4.69) is 15.5 Å². The molecule has 110 valence electrons. The Kier molecular flexibility index (Phi) is 4.49. The van der Waals surface area contributed by atoms with Gasteiger partial charge in [0, 0.05) is 19.0 Å². The van der Waals surface area contributed by atoms with E-state index in [1.807, 2.05) is 0 Å². The zero-order valence-electron chi connectivity index (χ0n) is 11.0. The second-order valence-electron chi connectivity index (χ2n) is 4.14. The quantitative estimate of drug-likeness (QED) is 0.667. The van der Waals surface area contributed by atoms with Gasteiger partial charge in [0.05, 0.1) is 10.5 Å². The lowest BCUT2D eigenvalue weighted by atomic mass is 10.2. The Hall–Kier alpha value is -2.48. The van der Waals surface area contributed by atoms with E-state index in [-0.39, 0.29) is 22.8 Å². The smallest absolute Gasteiger partial charge is 0.288 e. The SMILES string of the molecule is Cc1noc(CCNC(=O)c2cccc([N+](=O)[O-])c2Cl)n1. The molecule has 0 radical (unpaired) electrons. The number of benzene rings is 1. The van der Waals surface area contributed by atoms with Crippen LogP contribution < -0.4 is 5.32 Å². The van der Waals surface area contributed by atoms with Gasteiger partial charge in [-0.2, -0.15) is 4.98 Å². The van der Waals surface area contributed by atoms with Crippen molar-refractivity contribution in [1.29, 1.82) is 0 Å². The fraction of sp³-hybridized carbons (Fsp3) is 0.250. The normalized spacial score (nSPS) is 10.4. The summed E-state index contributed by atoms with van der Waals surface area (Å²) >= 11 is 5.85. The van der Waals surface area contributed by atoms with E-state index in [1.165, 1.54) is 18.2 Å². The number of carbonyl (C=O) groups is 1. The first-order chi connectivity index (χ1) is 9.99. The number of hydrogen-bond donors (Lipinski definition) is 1. The Balaban J connectivity index is 2.00. The Morgan fingerprint density at radius 2 is 2.29 bits per heavy atom. The van der Waals surface area contributed by atoms with E-state index in [9.17, 15) is 14.9 Å². The first-order valence-corrected chi connectivity index (χ1v) is 6.37. The Bertz CT molecular complexity index is 686. The molecule has 2 aromatic rings. The third-order valence-electron chi connectivity index (χ3n) is 2.61. The molecule has 1 heterocycles. The zero-order chi connectivity index (χ0) is 15.4. The number of nitro groups is 1. The summed E-state index contributed by atoms with van der Waals surface area (Å²) in [5, 5.41) is 16.8. The fourth-order valence-corrected chi connectivity index (χ4v) is 1.94. The van der Waals surface area contributed by atoms with E-state index >= 15 is 0 Å². The van der Waals surface area contributed by atoms with Gasteiger partial charge in [-0.05, 0) is 13.0 Å². The number of nitrogens with one attached hydrogen (secondary N) is 1.